The fourth-order valence-corrected chi connectivity index (χ4v) is 3.48. The molecular weight excluding hydrogens is 226 g/mol. The van der Waals surface area contributed by atoms with Gasteiger partial charge in [-0.2, -0.15) is 0 Å². The van der Waals surface area contributed by atoms with Crippen LogP contribution in [0.1, 0.15) is 29.9 Å². The van der Waals surface area contributed by atoms with Gasteiger partial charge in [0.2, 0.25) is 0 Å². The lowest BCUT2D eigenvalue weighted by Crippen LogP contribution is -2.17. The van der Waals surface area contributed by atoms with Crippen molar-refractivity contribution in [2.45, 2.75) is 30.7 Å². The molecule has 2 aliphatic carbocycles. The third-order valence-electron chi connectivity index (χ3n) is 4.17. The van der Waals surface area contributed by atoms with E-state index in [9.17, 15) is 10.2 Å². The Morgan fingerprint density at radius 3 is 2.78 bits per heavy atom. The highest BCUT2D eigenvalue weighted by molar-refractivity contribution is 5.62. The van der Waals surface area contributed by atoms with Crippen LogP contribution in [-0.2, 0) is 12.0 Å². The van der Waals surface area contributed by atoms with E-state index < -0.39 is 0 Å². The predicted octanol–water partition coefficient (Wildman–Crippen LogP) is 2.96. The predicted molar refractivity (Wildman–Crippen MR) is 70.9 cm³/mol. The average molecular weight is 243 g/mol. The molecule has 0 saturated carbocycles. The summed E-state index contributed by atoms with van der Waals surface area (Å²) < 4.78 is 1.52. The highest BCUT2D eigenvalue weighted by Crippen LogP contribution is 2.61. The zero-order valence-corrected chi connectivity index (χ0v) is 10.3. The Morgan fingerprint density at radius 2 is 2.11 bits per heavy atom. The summed E-state index contributed by atoms with van der Waals surface area (Å²) in [5, 5.41) is 20.6. The van der Waals surface area contributed by atoms with Crippen LogP contribution in [0.4, 0.5) is 0 Å². The maximum absolute atomic E-state index is 10.4. The first-order valence-corrected chi connectivity index (χ1v) is 6.20. The third-order valence-corrected chi connectivity index (χ3v) is 4.17. The number of rotatable bonds is 4. The lowest BCUT2D eigenvalue weighted by atomic mass is 9.81. The molecule has 0 radical (unpaired) electrons. The summed E-state index contributed by atoms with van der Waals surface area (Å²) >= 11 is 0. The van der Waals surface area contributed by atoms with E-state index in [1.807, 2.05) is 6.08 Å². The van der Waals surface area contributed by atoms with Crippen LogP contribution in [0.3, 0.4) is 0 Å². The second-order valence-corrected chi connectivity index (χ2v) is 5.15. The van der Waals surface area contributed by atoms with Crippen molar-refractivity contribution in [1.82, 2.24) is 4.57 Å². The first kappa shape index (κ1) is 11.2. The molecule has 0 spiro atoms. The zero-order valence-electron chi connectivity index (χ0n) is 10.3. The van der Waals surface area contributed by atoms with E-state index in [1.165, 1.54) is 4.57 Å². The van der Waals surface area contributed by atoms with Crippen LogP contribution in [0, 0.1) is 0 Å². The fourth-order valence-electron chi connectivity index (χ4n) is 3.48. The molecule has 1 aromatic rings. The molecule has 1 aromatic heterocycles. The molecule has 2 atom stereocenters. The molecule has 3 rings (SSSR count). The second kappa shape index (κ2) is 3.55. The molecule has 0 aliphatic heterocycles. The summed E-state index contributed by atoms with van der Waals surface area (Å²) in [4.78, 5) is 0. The maximum atomic E-state index is 10.4. The molecule has 0 amide bonds. The largest absolute Gasteiger partial charge is 0.494 e. The van der Waals surface area contributed by atoms with Gasteiger partial charge in [-0.15, -0.1) is 13.2 Å². The van der Waals surface area contributed by atoms with Gasteiger partial charge in [0.1, 0.15) is 0 Å². The van der Waals surface area contributed by atoms with Crippen molar-refractivity contribution in [1.29, 1.82) is 0 Å². The Balaban J connectivity index is 2.21. The monoisotopic (exact) mass is 243 g/mol. The second-order valence-electron chi connectivity index (χ2n) is 5.15. The number of hydrogen-bond donors (Lipinski definition) is 2. The van der Waals surface area contributed by atoms with Gasteiger partial charge in [0.15, 0.2) is 11.8 Å². The van der Waals surface area contributed by atoms with Gasteiger partial charge in [-0.25, -0.2) is 0 Å². The Kier molecular flexibility index (Phi) is 2.21. The molecule has 94 valence electrons. The maximum Gasteiger partial charge on any atom is 0.198 e. The van der Waals surface area contributed by atoms with E-state index in [2.05, 4.69) is 25.3 Å². The number of fused-ring (bicyclic) bond motifs is 5. The lowest BCUT2D eigenvalue weighted by Gasteiger charge is -2.23. The summed E-state index contributed by atoms with van der Waals surface area (Å²) in [5.74, 6) is 0.579. The van der Waals surface area contributed by atoms with Crippen LogP contribution in [-0.4, -0.2) is 14.8 Å². The fraction of sp³-hybridized carbons (Fsp3) is 0.333. The van der Waals surface area contributed by atoms with Crippen LogP contribution < -0.4 is 0 Å². The Hall–Kier alpha value is -1.90. The summed E-state index contributed by atoms with van der Waals surface area (Å²) in [7, 11) is 0. The molecule has 0 aromatic carbocycles. The third kappa shape index (κ3) is 1.14. The number of allylic oxidation sites excluding steroid dienone is 4. The van der Waals surface area contributed by atoms with Gasteiger partial charge in [-0.1, -0.05) is 24.3 Å². The molecular formula is C15H17NO2. The van der Waals surface area contributed by atoms with E-state index in [4.69, 9.17) is 0 Å². The van der Waals surface area contributed by atoms with Crippen LogP contribution in [0.25, 0.3) is 0 Å². The SMILES string of the molecule is C=CCn1c(O)c2c(c1O)C1(CC=C)C=CC2C1. The topological polar surface area (TPSA) is 45.4 Å². The minimum Gasteiger partial charge on any atom is -0.494 e. The van der Waals surface area contributed by atoms with Crippen LogP contribution in [0.2, 0.25) is 0 Å². The van der Waals surface area contributed by atoms with Crippen molar-refractivity contribution in [3.05, 3.63) is 48.6 Å². The van der Waals surface area contributed by atoms with Crippen LogP contribution >= 0.6 is 0 Å². The molecule has 3 nitrogen and oxygen atoms in total. The standard InChI is InChI=1S/C15H17NO2/c1-3-6-15-7-5-10(9-15)11-12(15)14(18)16(8-4-2)13(11)17/h3-5,7,10,17-18H,1-2,6,8-9H2. The highest BCUT2D eigenvalue weighted by atomic mass is 16.3. The molecule has 3 heteroatoms. The van der Waals surface area contributed by atoms with Crippen LogP contribution in [0.5, 0.6) is 11.8 Å². The van der Waals surface area contributed by atoms with Crippen molar-refractivity contribution in [2.75, 3.05) is 0 Å². The number of hydrogen-bond acceptors (Lipinski definition) is 2. The van der Waals surface area contributed by atoms with E-state index in [1.54, 1.807) is 6.08 Å². The average Bonchev–Trinajstić information content (AvgIpc) is 2.96. The molecule has 1 heterocycles. The summed E-state index contributed by atoms with van der Waals surface area (Å²) in [6.07, 6.45) is 9.55. The van der Waals surface area contributed by atoms with Gasteiger partial charge in [0, 0.05) is 29.0 Å². The first-order valence-electron chi connectivity index (χ1n) is 6.20. The molecule has 0 saturated heterocycles. The van der Waals surface area contributed by atoms with Crippen molar-refractivity contribution >= 4 is 0 Å². The summed E-state index contributed by atoms with van der Waals surface area (Å²) in [5.41, 5.74) is 1.60. The number of aromatic nitrogens is 1. The van der Waals surface area contributed by atoms with Crippen molar-refractivity contribution in [2.24, 2.45) is 0 Å². The molecule has 2 bridgehead atoms. The van der Waals surface area contributed by atoms with Gasteiger partial charge in [0.05, 0.1) is 0 Å². The van der Waals surface area contributed by atoms with Gasteiger partial charge < -0.3 is 10.2 Å². The van der Waals surface area contributed by atoms with Gasteiger partial charge in [-0.05, 0) is 12.8 Å². The number of aromatic hydroxyl groups is 2. The van der Waals surface area contributed by atoms with E-state index >= 15 is 0 Å². The minimum absolute atomic E-state index is 0.171. The van der Waals surface area contributed by atoms with Crippen molar-refractivity contribution in [3.63, 3.8) is 0 Å². The Labute approximate surface area is 106 Å². The Bertz CT molecular complexity index is 568. The van der Waals surface area contributed by atoms with Gasteiger partial charge in [-0.3, -0.25) is 4.57 Å². The first-order chi connectivity index (χ1) is 8.64. The zero-order chi connectivity index (χ0) is 12.9. The van der Waals surface area contributed by atoms with Gasteiger partial charge in [0.25, 0.3) is 0 Å². The molecule has 0 fully saturated rings. The smallest absolute Gasteiger partial charge is 0.198 e. The number of nitrogens with zero attached hydrogens (tertiary/aromatic N) is 1. The van der Waals surface area contributed by atoms with Crippen LogP contribution in [0.15, 0.2) is 37.5 Å². The molecule has 18 heavy (non-hydrogen) atoms. The normalized spacial score (nSPS) is 27.4. The quantitative estimate of drug-likeness (QED) is 0.799. The van der Waals surface area contributed by atoms with Gasteiger partial charge >= 0.3 is 0 Å². The molecule has 2 N–H and O–H groups in total. The lowest BCUT2D eigenvalue weighted by molar-refractivity contribution is 0.365. The van der Waals surface area contributed by atoms with Crippen molar-refractivity contribution in [3.8, 4) is 11.8 Å². The van der Waals surface area contributed by atoms with E-state index in [-0.39, 0.29) is 23.1 Å². The summed E-state index contributed by atoms with van der Waals surface area (Å²) in [6, 6.07) is 0. The minimum atomic E-state index is -0.171. The molecule has 2 unspecified atom stereocenters. The van der Waals surface area contributed by atoms with E-state index in [0.29, 0.717) is 6.54 Å². The van der Waals surface area contributed by atoms with Crippen molar-refractivity contribution < 1.29 is 10.2 Å². The van der Waals surface area contributed by atoms with E-state index in [0.717, 1.165) is 24.0 Å². The Morgan fingerprint density at radius 1 is 1.33 bits per heavy atom. The molecule has 2 aliphatic rings. The highest BCUT2D eigenvalue weighted by Gasteiger charge is 2.50. The summed E-state index contributed by atoms with van der Waals surface area (Å²) in [6.45, 7) is 7.87.